The molecule has 0 saturated carbocycles. The van der Waals surface area contributed by atoms with Gasteiger partial charge < -0.3 is 9.47 Å². The van der Waals surface area contributed by atoms with Crippen LogP contribution in [0.1, 0.15) is 47.3 Å². The highest BCUT2D eigenvalue weighted by Crippen LogP contribution is 2.35. The fourth-order valence-electron chi connectivity index (χ4n) is 3.65. The number of hydrogen-bond donors (Lipinski definition) is 0. The van der Waals surface area contributed by atoms with E-state index in [0.29, 0.717) is 30.3 Å². The molecule has 1 aliphatic heterocycles. The zero-order chi connectivity index (χ0) is 20.6. The maximum atomic E-state index is 14.8. The summed E-state index contributed by atoms with van der Waals surface area (Å²) in [7, 11) is 0. The summed E-state index contributed by atoms with van der Waals surface area (Å²) >= 11 is 0. The van der Waals surface area contributed by atoms with E-state index in [9.17, 15) is 13.6 Å². The van der Waals surface area contributed by atoms with E-state index in [4.69, 9.17) is 0 Å². The monoisotopic (exact) mass is 396 g/mol. The molecule has 0 bridgehead atoms. The number of nitrogens with zero attached hydrogens (tertiary/aromatic N) is 4. The van der Waals surface area contributed by atoms with Crippen molar-refractivity contribution in [2.45, 2.75) is 39.3 Å². The molecule has 29 heavy (non-hydrogen) atoms. The minimum Gasteiger partial charge on any atom is -0.318 e. The van der Waals surface area contributed by atoms with Gasteiger partial charge in [-0.3, -0.25) is 9.78 Å². The lowest BCUT2D eigenvalue weighted by molar-refractivity contribution is 0.0380. The number of aryl methyl sites for hydroxylation is 1. The van der Waals surface area contributed by atoms with Crippen LogP contribution < -0.4 is 0 Å². The quantitative estimate of drug-likeness (QED) is 0.612. The highest BCUT2D eigenvalue weighted by molar-refractivity contribution is 5.93. The van der Waals surface area contributed by atoms with Gasteiger partial charge in [0.05, 0.1) is 18.1 Å². The van der Waals surface area contributed by atoms with Crippen LogP contribution in [0.3, 0.4) is 0 Å². The summed E-state index contributed by atoms with van der Waals surface area (Å²) in [5, 5.41) is 0. The van der Waals surface area contributed by atoms with Crippen molar-refractivity contribution in [3.63, 3.8) is 0 Å². The molecule has 0 fully saturated rings. The van der Waals surface area contributed by atoms with Crippen LogP contribution >= 0.6 is 0 Å². The van der Waals surface area contributed by atoms with Crippen molar-refractivity contribution in [1.29, 1.82) is 0 Å². The molecule has 7 heteroatoms. The van der Waals surface area contributed by atoms with Gasteiger partial charge in [-0.25, -0.2) is 4.98 Å². The highest BCUT2D eigenvalue weighted by atomic mass is 19.3. The molecule has 3 heterocycles. The van der Waals surface area contributed by atoms with Gasteiger partial charge in [0.25, 0.3) is 5.91 Å². The molecular weight excluding hydrogens is 374 g/mol. The molecule has 1 amide bonds. The predicted molar refractivity (Wildman–Crippen MR) is 106 cm³/mol. The summed E-state index contributed by atoms with van der Waals surface area (Å²) in [6.45, 7) is 4.99. The van der Waals surface area contributed by atoms with E-state index in [2.05, 4.69) is 16.9 Å². The molecule has 5 nitrogen and oxygen atoms in total. The number of imidazole rings is 1. The molecule has 0 radical (unpaired) electrons. The van der Waals surface area contributed by atoms with Crippen molar-refractivity contribution < 1.29 is 13.6 Å². The highest BCUT2D eigenvalue weighted by Gasteiger charge is 2.36. The fourth-order valence-corrected chi connectivity index (χ4v) is 3.65. The van der Waals surface area contributed by atoms with Gasteiger partial charge >= 0.3 is 5.92 Å². The number of hydrogen-bond acceptors (Lipinski definition) is 3. The Bertz CT molecular complexity index is 1030. The van der Waals surface area contributed by atoms with Gasteiger partial charge in [0.15, 0.2) is 0 Å². The molecule has 3 aromatic rings. The average Bonchev–Trinajstić information content (AvgIpc) is 3.21. The Balaban J connectivity index is 1.65. The number of pyridine rings is 1. The number of benzene rings is 1. The Labute approximate surface area is 168 Å². The van der Waals surface area contributed by atoms with E-state index in [0.717, 1.165) is 18.5 Å². The van der Waals surface area contributed by atoms with Crippen LogP contribution in [0.5, 0.6) is 0 Å². The van der Waals surface area contributed by atoms with Crippen LogP contribution in [-0.2, 0) is 12.6 Å². The van der Waals surface area contributed by atoms with Crippen LogP contribution in [0, 0.1) is 6.92 Å². The van der Waals surface area contributed by atoms with Gasteiger partial charge in [-0.2, -0.15) is 8.78 Å². The first-order chi connectivity index (χ1) is 13.9. The molecule has 0 spiro atoms. The third-order valence-electron chi connectivity index (χ3n) is 5.21. The zero-order valence-corrected chi connectivity index (χ0v) is 16.4. The molecule has 150 valence electrons. The number of amides is 1. The third kappa shape index (κ3) is 3.30. The van der Waals surface area contributed by atoms with Crippen LogP contribution in [-0.4, -0.2) is 31.9 Å². The second-order valence-corrected chi connectivity index (χ2v) is 7.23. The van der Waals surface area contributed by atoms with Crippen LogP contribution in [0.4, 0.5) is 8.78 Å². The number of aromatic nitrogens is 3. The van der Waals surface area contributed by atoms with Crippen molar-refractivity contribution in [3.8, 4) is 11.3 Å². The SMILES string of the molecule is CCCCN1Cn2c(nc(C)c2-c2ccc(C(F)(F)c3ccccc3)nc2)C1=O. The van der Waals surface area contributed by atoms with Gasteiger partial charge in [0.1, 0.15) is 5.69 Å². The van der Waals surface area contributed by atoms with E-state index in [1.807, 2.05) is 11.5 Å². The maximum absolute atomic E-state index is 14.8. The Kier molecular flexibility index (Phi) is 4.90. The van der Waals surface area contributed by atoms with Gasteiger partial charge in [-0.15, -0.1) is 0 Å². The predicted octanol–water partition coefficient (Wildman–Crippen LogP) is 4.61. The van der Waals surface area contributed by atoms with E-state index in [1.54, 1.807) is 29.2 Å². The summed E-state index contributed by atoms with van der Waals surface area (Å²) in [6.07, 6.45) is 3.36. The Morgan fingerprint density at radius 2 is 1.90 bits per heavy atom. The number of unbranched alkanes of at least 4 members (excludes halogenated alkanes) is 1. The van der Waals surface area contributed by atoms with Crippen molar-refractivity contribution >= 4 is 5.91 Å². The number of carbonyl (C=O) groups is 1. The molecule has 0 unspecified atom stereocenters. The van der Waals surface area contributed by atoms with E-state index < -0.39 is 5.92 Å². The smallest absolute Gasteiger partial charge is 0.314 e. The first-order valence-electron chi connectivity index (χ1n) is 9.70. The minimum atomic E-state index is -3.18. The van der Waals surface area contributed by atoms with Crippen LogP contribution in [0.2, 0.25) is 0 Å². The number of fused-ring (bicyclic) bond motifs is 1. The number of carbonyl (C=O) groups excluding carboxylic acids is 1. The number of rotatable bonds is 6. The van der Waals surface area contributed by atoms with Gasteiger partial charge in [0, 0.05) is 23.9 Å². The molecule has 4 rings (SSSR count). The lowest BCUT2D eigenvalue weighted by Gasteiger charge is -2.17. The molecule has 0 N–H and O–H groups in total. The Morgan fingerprint density at radius 1 is 1.14 bits per heavy atom. The van der Waals surface area contributed by atoms with E-state index in [1.165, 1.54) is 24.4 Å². The zero-order valence-electron chi connectivity index (χ0n) is 16.4. The Morgan fingerprint density at radius 3 is 2.55 bits per heavy atom. The number of alkyl halides is 2. The van der Waals surface area contributed by atoms with Gasteiger partial charge in [-0.05, 0) is 25.5 Å². The third-order valence-corrected chi connectivity index (χ3v) is 5.21. The second kappa shape index (κ2) is 7.39. The summed E-state index contributed by atoms with van der Waals surface area (Å²) in [4.78, 5) is 22.8. The molecule has 2 aromatic heterocycles. The van der Waals surface area contributed by atoms with Crippen molar-refractivity contribution in [2.24, 2.45) is 0 Å². The molecule has 0 saturated heterocycles. The summed E-state index contributed by atoms with van der Waals surface area (Å²) in [5.41, 5.74) is 1.69. The minimum absolute atomic E-state index is 0.0898. The maximum Gasteiger partial charge on any atom is 0.314 e. The van der Waals surface area contributed by atoms with Crippen molar-refractivity contribution in [2.75, 3.05) is 6.54 Å². The second-order valence-electron chi connectivity index (χ2n) is 7.23. The first-order valence-corrected chi connectivity index (χ1v) is 9.70. The van der Waals surface area contributed by atoms with E-state index in [-0.39, 0.29) is 17.2 Å². The molecular formula is C22H22F2N4O. The topological polar surface area (TPSA) is 51.0 Å². The largest absolute Gasteiger partial charge is 0.318 e. The van der Waals surface area contributed by atoms with E-state index >= 15 is 0 Å². The van der Waals surface area contributed by atoms with Gasteiger partial charge in [0.2, 0.25) is 5.82 Å². The normalized spacial score (nSPS) is 13.8. The summed E-state index contributed by atoms with van der Waals surface area (Å²) in [5.74, 6) is -2.87. The molecule has 0 aliphatic carbocycles. The summed E-state index contributed by atoms with van der Waals surface area (Å²) < 4.78 is 31.3. The summed E-state index contributed by atoms with van der Waals surface area (Å²) in [6, 6.07) is 10.6. The van der Waals surface area contributed by atoms with Crippen LogP contribution in [0.15, 0.2) is 48.7 Å². The standard InChI is InChI=1S/C22H22F2N4O/c1-3-4-12-27-14-28-19(15(2)26-20(28)21(27)29)16-10-11-18(25-13-16)22(23,24)17-8-6-5-7-9-17/h5-11,13H,3-4,12,14H2,1-2H3. The fraction of sp³-hybridized carbons (Fsp3) is 0.318. The lowest BCUT2D eigenvalue weighted by Crippen LogP contribution is -2.26. The Hall–Kier alpha value is -3.09. The van der Waals surface area contributed by atoms with Crippen molar-refractivity contribution in [3.05, 3.63) is 71.4 Å². The molecule has 1 aromatic carbocycles. The number of halogens is 2. The average molecular weight is 396 g/mol. The van der Waals surface area contributed by atoms with Crippen LogP contribution in [0.25, 0.3) is 11.3 Å². The first kappa shape index (κ1) is 19.2. The molecule has 1 aliphatic rings. The lowest BCUT2D eigenvalue weighted by atomic mass is 10.0. The molecule has 0 atom stereocenters. The van der Waals surface area contributed by atoms with Gasteiger partial charge in [-0.1, -0.05) is 43.7 Å². The van der Waals surface area contributed by atoms with Crippen molar-refractivity contribution in [1.82, 2.24) is 19.4 Å².